The van der Waals surface area contributed by atoms with E-state index in [0.717, 1.165) is 23.3 Å². The van der Waals surface area contributed by atoms with Gasteiger partial charge in [-0.25, -0.2) is 8.78 Å². The molecule has 0 bridgehead atoms. The van der Waals surface area contributed by atoms with Crippen LogP contribution in [0.25, 0.3) is 0 Å². The average molecular weight is 332 g/mol. The van der Waals surface area contributed by atoms with Crippen molar-refractivity contribution < 1.29 is 18.4 Å². The van der Waals surface area contributed by atoms with Crippen LogP contribution in [0.1, 0.15) is 18.1 Å². The van der Waals surface area contributed by atoms with E-state index in [4.69, 9.17) is 0 Å². The molecule has 6 heteroatoms. The molecule has 0 unspecified atom stereocenters. The predicted octanol–water partition coefficient (Wildman–Crippen LogP) is 3.57. The molecule has 0 aromatic heterocycles. The van der Waals surface area contributed by atoms with E-state index < -0.39 is 23.2 Å². The molecule has 126 valence electrons. The second kappa shape index (κ2) is 7.21. The van der Waals surface area contributed by atoms with Crippen LogP contribution in [0.15, 0.2) is 36.4 Å². The number of halogens is 2. The number of benzene rings is 2. The fraction of sp³-hybridized carbons (Fsp3) is 0.222. The summed E-state index contributed by atoms with van der Waals surface area (Å²) in [6.45, 7) is 4.73. The minimum atomic E-state index is -0.871. The molecule has 0 spiro atoms. The molecular formula is C18H18F2N2O2. The fourth-order valence-corrected chi connectivity index (χ4v) is 2.41. The third-order valence-electron chi connectivity index (χ3n) is 3.55. The van der Waals surface area contributed by atoms with Gasteiger partial charge in [-0.05, 0) is 37.6 Å². The van der Waals surface area contributed by atoms with E-state index >= 15 is 0 Å². The van der Waals surface area contributed by atoms with Crippen LogP contribution in [0.3, 0.4) is 0 Å². The molecule has 2 rings (SSSR count). The average Bonchev–Trinajstić information content (AvgIpc) is 2.49. The van der Waals surface area contributed by atoms with Crippen LogP contribution in [0, 0.1) is 25.5 Å². The van der Waals surface area contributed by atoms with E-state index in [2.05, 4.69) is 5.32 Å². The molecule has 0 saturated heterocycles. The number of hydrogen-bond donors (Lipinski definition) is 1. The van der Waals surface area contributed by atoms with Gasteiger partial charge in [0.25, 0.3) is 0 Å². The zero-order valence-corrected chi connectivity index (χ0v) is 13.7. The lowest BCUT2D eigenvalue weighted by molar-refractivity contribution is -0.120. The van der Waals surface area contributed by atoms with E-state index in [-0.39, 0.29) is 12.5 Å². The van der Waals surface area contributed by atoms with Crippen molar-refractivity contribution in [1.82, 2.24) is 0 Å². The summed E-state index contributed by atoms with van der Waals surface area (Å²) in [5, 5.41) is 2.18. The Hall–Kier alpha value is -2.76. The first-order valence-electron chi connectivity index (χ1n) is 7.39. The van der Waals surface area contributed by atoms with Gasteiger partial charge in [0.05, 0.1) is 0 Å². The first-order valence-corrected chi connectivity index (χ1v) is 7.39. The number of amides is 2. The molecule has 0 saturated carbocycles. The molecule has 0 heterocycles. The van der Waals surface area contributed by atoms with Crippen molar-refractivity contribution in [3.05, 3.63) is 59.2 Å². The maximum absolute atomic E-state index is 13.6. The lowest BCUT2D eigenvalue weighted by atomic mass is 10.1. The zero-order chi connectivity index (χ0) is 17.9. The summed E-state index contributed by atoms with van der Waals surface area (Å²) >= 11 is 0. The molecule has 2 aromatic rings. The molecule has 0 fully saturated rings. The van der Waals surface area contributed by atoms with Crippen molar-refractivity contribution in [2.45, 2.75) is 20.8 Å². The number of nitrogens with zero attached hydrogens (tertiary/aromatic N) is 1. The molecule has 4 nitrogen and oxygen atoms in total. The third kappa shape index (κ3) is 3.95. The van der Waals surface area contributed by atoms with Crippen LogP contribution < -0.4 is 10.2 Å². The zero-order valence-electron chi connectivity index (χ0n) is 13.7. The van der Waals surface area contributed by atoms with Crippen LogP contribution in [0.4, 0.5) is 20.2 Å². The highest BCUT2D eigenvalue weighted by Crippen LogP contribution is 2.22. The molecule has 1 N–H and O–H groups in total. The van der Waals surface area contributed by atoms with Gasteiger partial charge in [0.2, 0.25) is 11.8 Å². The second-order valence-electron chi connectivity index (χ2n) is 5.54. The number of carbonyl (C=O) groups is 2. The quantitative estimate of drug-likeness (QED) is 0.930. The maximum Gasteiger partial charge on any atom is 0.244 e. The van der Waals surface area contributed by atoms with Crippen LogP contribution >= 0.6 is 0 Å². The molecule has 2 aromatic carbocycles. The van der Waals surface area contributed by atoms with E-state index in [1.807, 2.05) is 26.0 Å². The standard InChI is InChI=1S/C18H18F2N2O2/c1-11-7-8-16(12(2)9-11)22(13(3)23)10-17(24)21-18-14(19)5-4-6-15(18)20/h4-9H,10H2,1-3H3,(H,21,24). The van der Waals surface area contributed by atoms with Gasteiger partial charge in [-0.15, -0.1) is 0 Å². The summed E-state index contributed by atoms with van der Waals surface area (Å²) in [6, 6.07) is 8.75. The Morgan fingerprint density at radius 1 is 1.08 bits per heavy atom. The number of anilines is 2. The van der Waals surface area contributed by atoms with Gasteiger partial charge in [-0.3, -0.25) is 9.59 Å². The minimum Gasteiger partial charge on any atom is -0.320 e. The number of para-hydroxylation sites is 1. The summed E-state index contributed by atoms with van der Waals surface area (Å²) in [5.41, 5.74) is 1.91. The van der Waals surface area contributed by atoms with Gasteiger partial charge in [-0.1, -0.05) is 23.8 Å². The highest BCUT2D eigenvalue weighted by Gasteiger charge is 2.19. The van der Waals surface area contributed by atoms with Crippen LogP contribution in [-0.4, -0.2) is 18.4 Å². The lowest BCUT2D eigenvalue weighted by Crippen LogP contribution is -2.37. The van der Waals surface area contributed by atoms with Gasteiger partial charge >= 0.3 is 0 Å². The smallest absolute Gasteiger partial charge is 0.244 e. The molecular weight excluding hydrogens is 314 g/mol. The minimum absolute atomic E-state index is 0.340. The summed E-state index contributed by atoms with van der Waals surface area (Å²) in [4.78, 5) is 25.3. The first kappa shape index (κ1) is 17.6. The SMILES string of the molecule is CC(=O)N(CC(=O)Nc1c(F)cccc1F)c1ccc(C)cc1C. The van der Waals surface area contributed by atoms with Gasteiger partial charge in [0.15, 0.2) is 0 Å². The Labute approximate surface area is 139 Å². The largest absolute Gasteiger partial charge is 0.320 e. The van der Waals surface area contributed by atoms with Crippen molar-refractivity contribution in [3.8, 4) is 0 Å². The van der Waals surface area contributed by atoms with E-state index in [1.54, 1.807) is 6.07 Å². The highest BCUT2D eigenvalue weighted by atomic mass is 19.1. The number of rotatable bonds is 4. The van der Waals surface area contributed by atoms with Gasteiger partial charge < -0.3 is 10.2 Å². The van der Waals surface area contributed by atoms with Crippen molar-refractivity contribution in [2.24, 2.45) is 0 Å². The summed E-state index contributed by atoms with van der Waals surface area (Å²) in [5.74, 6) is -2.77. The fourth-order valence-electron chi connectivity index (χ4n) is 2.41. The molecule has 0 aliphatic rings. The van der Waals surface area contributed by atoms with Gasteiger partial charge in [0.1, 0.15) is 23.9 Å². The Kier molecular flexibility index (Phi) is 5.28. The van der Waals surface area contributed by atoms with Gasteiger partial charge in [-0.2, -0.15) is 0 Å². The normalized spacial score (nSPS) is 10.4. The van der Waals surface area contributed by atoms with E-state index in [1.165, 1.54) is 17.9 Å². The van der Waals surface area contributed by atoms with Crippen LogP contribution in [0.2, 0.25) is 0 Å². The molecule has 24 heavy (non-hydrogen) atoms. The Bertz CT molecular complexity index is 770. The summed E-state index contributed by atoms with van der Waals surface area (Å²) in [7, 11) is 0. The monoisotopic (exact) mass is 332 g/mol. The van der Waals surface area contributed by atoms with Crippen molar-refractivity contribution in [2.75, 3.05) is 16.8 Å². The summed E-state index contributed by atoms with van der Waals surface area (Å²) < 4.78 is 27.2. The van der Waals surface area contributed by atoms with Crippen molar-refractivity contribution in [1.29, 1.82) is 0 Å². The van der Waals surface area contributed by atoms with Gasteiger partial charge in [0, 0.05) is 12.6 Å². The predicted molar refractivity (Wildman–Crippen MR) is 88.9 cm³/mol. The first-order chi connectivity index (χ1) is 11.3. The Morgan fingerprint density at radius 3 is 2.25 bits per heavy atom. The molecule has 0 aliphatic heterocycles. The molecule has 0 atom stereocenters. The number of carbonyl (C=O) groups excluding carboxylic acids is 2. The van der Waals surface area contributed by atoms with Crippen molar-refractivity contribution >= 4 is 23.2 Å². The number of aryl methyl sites for hydroxylation is 2. The van der Waals surface area contributed by atoms with Crippen LogP contribution in [-0.2, 0) is 9.59 Å². The summed E-state index contributed by atoms with van der Waals surface area (Å²) in [6.07, 6.45) is 0. The van der Waals surface area contributed by atoms with Crippen molar-refractivity contribution in [3.63, 3.8) is 0 Å². The van der Waals surface area contributed by atoms with Crippen LogP contribution in [0.5, 0.6) is 0 Å². The maximum atomic E-state index is 13.6. The molecule has 2 amide bonds. The Balaban J connectivity index is 2.22. The number of nitrogens with one attached hydrogen (secondary N) is 1. The number of hydrogen-bond acceptors (Lipinski definition) is 2. The lowest BCUT2D eigenvalue weighted by Gasteiger charge is -2.23. The van der Waals surface area contributed by atoms with E-state index in [0.29, 0.717) is 5.69 Å². The second-order valence-corrected chi connectivity index (χ2v) is 5.54. The molecule has 0 radical (unpaired) electrons. The Morgan fingerprint density at radius 2 is 1.71 bits per heavy atom. The third-order valence-corrected chi connectivity index (χ3v) is 3.55. The highest BCUT2D eigenvalue weighted by molar-refractivity contribution is 6.02. The topological polar surface area (TPSA) is 49.4 Å². The molecule has 0 aliphatic carbocycles. The van der Waals surface area contributed by atoms with E-state index in [9.17, 15) is 18.4 Å².